The lowest BCUT2D eigenvalue weighted by molar-refractivity contribution is 0.631. The fourth-order valence-corrected chi connectivity index (χ4v) is 2.08. The van der Waals surface area contributed by atoms with Crippen LogP contribution in [-0.4, -0.2) is 7.05 Å². The highest BCUT2D eigenvalue weighted by atomic mass is 16.3. The van der Waals surface area contributed by atoms with Crippen LogP contribution in [0.15, 0.2) is 52.9 Å². The summed E-state index contributed by atoms with van der Waals surface area (Å²) >= 11 is 0. The molecule has 0 bridgehead atoms. The molecule has 20 heavy (non-hydrogen) atoms. The molecule has 0 atom stereocenters. The van der Waals surface area contributed by atoms with E-state index in [0.29, 0.717) is 0 Å². The molecule has 0 unspecified atom stereocenters. The van der Waals surface area contributed by atoms with E-state index in [9.17, 15) is 0 Å². The Morgan fingerprint density at radius 2 is 1.60 bits per heavy atom. The van der Waals surface area contributed by atoms with E-state index in [-0.39, 0.29) is 0 Å². The van der Waals surface area contributed by atoms with Crippen molar-refractivity contribution in [3.8, 4) is 11.3 Å². The second-order valence-corrected chi connectivity index (χ2v) is 4.48. The fraction of sp³-hybridized carbons (Fsp3) is 0.222. The minimum Gasteiger partial charge on any atom is -0.456 e. The first-order chi connectivity index (χ1) is 9.76. The molecule has 3 rings (SSSR count). The second-order valence-electron chi connectivity index (χ2n) is 4.48. The number of aryl methyl sites for hydroxylation is 1. The molecule has 0 saturated carbocycles. The summed E-state index contributed by atoms with van der Waals surface area (Å²) in [5.41, 5.74) is 4.37. The third-order valence-electron chi connectivity index (χ3n) is 3.13. The minimum atomic E-state index is 0.915. The topological polar surface area (TPSA) is 25.2 Å². The van der Waals surface area contributed by atoms with Crippen LogP contribution in [0.5, 0.6) is 0 Å². The van der Waals surface area contributed by atoms with Gasteiger partial charge in [-0.05, 0) is 48.9 Å². The molecule has 0 spiro atoms. The first kappa shape index (κ1) is 14.2. The first-order valence-electron chi connectivity index (χ1n) is 7.04. The van der Waals surface area contributed by atoms with Gasteiger partial charge in [0, 0.05) is 23.7 Å². The first-order valence-corrected chi connectivity index (χ1v) is 7.04. The van der Waals surface area contributed by atoms with Crippen LogP contribution in [0.3, 0.4) is 0 Å². The van der Waals surface area contributed by atoms with Crippen LogP contribution in [0.25, 0.3) is 22.3 Å². The molecule has 0 radical (unpaired) electrons. The lowest BCUT2D eigenvalue weighted by atomic mass is 10.1. The van der Waals surface area contributed by atoms with Gasteiger partial charge in [-0.2, -0.15) is 0 Å². The van der Waals surface area contributed by atoms with Crippen LogP contribution < -0.4 is 5.32 Å². The molecule has 0 amide bonds. The van der Waals surface area contributed by atoms with Gasteiger partial charge in [-0.15, -0.1) is 0 Å². The number of benzene rings is 2. The Bertz CT molecular complexity index is 680. The van der Waals surface area contributed by atoms with Crippen molar-refractivity contribution in [3.63, 3.8) is 0 Å². The molecule has 1 heterocycles. The van der Waals surface area contributed by atoms with Crippen molar-refractivity contribution < 1.29 is 4.42 Å². The standard InChI is InChI=1S/C16H15NO.C2H6/c1-11-3-4-13-10-16(18-15(13)9-11)12-5-7-14(17-2)8-6-12;1-2/h3-10,17H,1-2H3;1-2H3. The molecule has 0 fully saturated rings. The molecule has 1 aromatic heterocycles. The molecule has 3 aromatic rings. The van der Waals surface area contributed by atoms with Crippen molar-refractivity contribution in [2.75, 3.05) is 12.4 Å². The Morgan fingerprint density at radius 3 is 2.25 bits per heavy atom. The Hall–Kier alpha value is -2.22. The van der Waals surface area contributed by atoms with Crippen LogP contribution in [0.1, 0.15) is 19.4 Å². The molecule has 0 aliphatic heterocycles. The lowest BCUT2D eigenvalue weighted by Crippen LogP contribution is -1.86. The van der Waals surface area contributed by atoms with E-state index in [4.69, 9.17) is 4.42 Å². The molecule has 2 heteroatoms. The summed E-state index contributed by atoms with van der Waals surface area (Å²) in [7, 11) is 1.92. The number of rotatable bonds is 2. The number of furan rings is 1. The highest BCUT2D eigenvalue weighted by Crippen LogP contribution is 2.29. The van der Waals surface area contributed by atoms with E-state index in [1.807, 2.05) is 33.0 Å². The van der Waals surface area contributed by atoms with Crippen LogP contribution in [0.2, 0.25) is 0 Å². The third kappa shape index (κ3) is 2.85. The summed E-state index contributed by atoms with van der Waals surface area (Å²) in [4.78, 5) is 0. The largest absolute Gasteiger partial charge is 0.456 e. The number of nitrogens with one attached hydrogen (secondary N) is 1. The van der Waals surface area contributed by atoms with Crippen molar-refractivity contribution in [2.45, 2.75) is 20.8 Å². The van der Waals surface area contributed by atoms with Crippen molar-refractivity contribution >= 4 is 16.7 Å². The average Bonchev–Trinajstić information content (AvgIpc) is 2.92. The molecule has 0 aliphatic carbocycles. The maximum atomic E-state index is 5.89. The van der Waals surface area contributed by atoms with Crippen molar-refractivity contribution in [1.82, 2.24) is 0 Å². The summed E-state index contributed by atoms with van der Waals surface area (Å²) in [5.74, 6) is 0.915. The predicted octanol–water partition coefficient (Wildman–Crippen LogP) is 5.48. The molecule has 1 N–H and O–H groups in total. The SMILES string of the molecule is CC.CNc1ccc(-c2cc3ccc(C)cc3o2)cc1. The Labute approximate surface area is 120 Å². The Kier molecular flexibility index (Phi) is 4.46. The van der Waals surface area contributed by atoms with E-state index < -0.39 is 0 Å². The number of anilines is 1. The average molecular weight is 267 g/mol. The predicted molar refractivity (Wildman–Crippen MR) is 87.3 cm³/mol. The molecular weight excluding hydrogens is 246 g/mol. The normalized spacial score (nSPS) is 10.0. The van der Waals surface area contributed by atoms with Crippen molar-refractivity contribution in [3.05, 3.63) is 54.1 Å². The maximum Gasteiger partial charge on any atom is 0.135 e. The molecule has 2 nitrogen and oxygen atoms in total. The van der Waals surface area contributed by atoms with Gasteiger partial charge in [-0.25, -0.2) is 0 Å². The minimum absolute atomic E-state index is 0.915. The highest BCUT2D eigenvalue weighted by Gasteiger charge is 2.06. The number of hydrogen-bond acceptors (Lipinski definition) is 2. The quantitative estimate of drug-likeness (QED) is 0.665. The van der Waals surface area contributed by atoms with E-state index in [0.717, 1.165) is 28.0 Å². The van der Waals surface area contributed by atoms with Gasteiger partial charge in [0.1, 0.15) is 11.3 Å². The van der Waals surface area contributed by atoms with Crippen LogP contribution in [0, 0.1) is 6.92 Å². The summed E-state index contributed by atoms with van der Waals surface area (Å²) in [5, 5.41) is 4.26. The van der Waals surface area contributed by atoms with Gasteiger partial charge in [-0.1, -0.05) is 26.0 Å². The monoisotopic (exact) mass is 267 g/mol. The lowest BCUT2D eigenvalue weighted by Gasteiger charge is -2.00. The Morgan fingerprint density at radius 1 is 0.900 bits per heavy atom. The van der Waals surface area contributed by atoms with Crippen LogP contribution in [-0.2, 0) is 0 Å². The van der Waals surface area contributed by atoms with Crippen molar-refractivity contribution in [2.24, 2.45) is 0 Å². The zero-order chi connectivity index (χ0) is 14.5. The van der Waals surface area contributed by atoms with E-state index >= 15 is 0 Å². The van der Waals surface area contributed by atoms with Gasteiger partial charge in [0.15, 0.2) is 0 Å². The molecule has 2 aromatic carbocycles. The van der Waals surface area contributed by atoms with Gasteiger partial charge >= 0.3 is 0 Å². The Balaban J connectivity index is 0.000000704. The molecule has 0 aliphatic rings. The molecular formula is C18H21NO. The van der Waals surface area contributed by atoms with E-state index in [2.05, 4.69) is 48.6 Å². The van der Waals surface area contributed by atoms with E-state index in [1.165, 1.54) is 5.56 Å². The van der Waals surface area contributed by atoms with Gasteiger partial charge in [0.2, 0.25) is 0 Å². The number of fused-ring (bicyclic) bond motifs is 1. The maximum absolute atomic E-state index is 5.89. The zero-order valence-corrected chi connectivity index (χ0v) is 12.5. The molecule has 0 saturated heterocycles. The summed E-state index contributed by atoms with van der Waals surface area (Å²) < 4.78 is 5.89. The van der Waals surface area contributed by atoms with Gasteiger partial charge < -0.3 is 9.73 Å². The van der Waals surface area contributed by atoms with Crippen LogP contribution >= 0.6 is 0 Å². The summed E-state index contributed by atoms with van der Waals surface area (Å²) in [6.45, 7) is 6.07. The summed E-state index contributed by atoms with van der Waals surface area (Å²) in [6, 6.07) is 16.6. The fourth-order valence-electron chi connectivity index (χ4n) is 2.08. The second kappa shape index (κ2) is 6.29. The smallest absolute Gasteiger partial charge is 0.135 e. The van der Waals surface area contributed by atoms with Gasteiger partial charge in [0.25, 0.3) is 0 Å². The van der Waals surface area contributed by atoms with Crippen molar-refractivity contribution in [1.29, 1.82) is 0 Å². The van der Waals surface area contributed by atoms with E-state index in [1.54, 1.807) is 0 Å². The number of hydrogen-bond donors (Lipinski definition) is 1. The zero-order valence-electron chi connectivity index (χ0n) is 12.5. The molecule has 104 valence electrons. The third-order valence-corrected chi connectivity index (χ3v) is 3.13. The summed E-state index contributed by atoms with van der Waals surface area (Å²) in [6.07, 6.45) is 0. The highest BCUT2D eigenvalue weighted by molar-refractivity contribution is 5.83. The van der Waals surface area contributed by atoms with Gasteiger partial charge in [-0.3, -0.25) is 0 Å². The van der Waals surface area contributed by atoms with Gasteiger partial charge in [0.05, 0.1) is 0 Å². The van der Waals surface area contributed by atoms with Crippen LogP contribution in [0.4, 0.5) is 5.69 Å².